The minimum atomic E-state index is 0. The Morgan fingerprint density at radius 1 is 1.00 bits per heavy atom. The van der Waals surface area contributed by atoms with E-state index in [9.17, 15) is 0 Å². The van der Waals surface area contributed by atoms with Crippen molar-refractivity contribution in [2.45, 2.75) is 0 Å². The van der Waals surface area contributed by atoms with Crippen molar-refractivity contribution in [1.82, 2.24) is 0 Å². The molecule has 0 bridgehead atoms. The molecule has 0 rings (SSSR count). The molecule has 0 aliphatic rings. The molecule has 0 aromatic carbocycles. The first-order valence-electron chi connectivity index (χ1n) is 0. The van der Waals surface area contributed by atoms with Gasteiger partial charge in [-0.15, -0.1) is 0 Å². The summed E-state index contributed by atoms with van der Waals surface area (Å²) in [5, 5.41) is 0. The van der Waals surface area contributed by atoms with Crippen LogP contribution in [0.15, 0.2) is 0 Å². The minimum Gasteiger partial charge on any atom is -2.00 e. The van der Waals surface area contributed by atoms with Crippen molar-refractivity contribution < 1.29 is 27.2 Å². The van der Waals surface area contributed by atoms with Crippen LogP contribution in [0.4, 0.5) is 0 Å². The van der Waals surface area contributed by atoms with E-state index in [0.29, 0.717) is 0 Å². The second-order valence-electron chi connectivity index (χ2n) is 0. The van der Waals surface area contributed by atoms with Gasteiger partial charge in [0.05, 0.1) is 0 Å². The maximum absolute atomic E-state index is 0. The first-order chi connectivity index (χ1) is 0. The van der Waals surface area contributed by atoms with Gasteiger partial charge in [0, 0.05) is 0 Å². The predicted octanol–water partition coefficient (Wildman–Crippen LogP) is -0.883. The van der Waals surface area contributed by atoms with Crippen LogP contribution in [0, 0.1) is 0 Å². The molecule has 0 saturated carbocycles. The normalized spacial score (nSPS) is 0. The molecule has 0 aromatic heterocycles. The number of rotatable bonds is 0. The second kappa shape index (κ2) is 17.1. The van der Waals surface area contributed by atoms with Gasteiger partial charge in [0.1, 0.15) is 0 Å². The van der Waals surface area contributed by atoms with Gasteiger partial charge < -0.3 is 5.48 Å². The van der Waals surface area contributed by atoms with Crippen LogP contribution < -0.4 is 0 Å². The maximum atomic E-state index is 0. The fraction of sp³-hybridized carbons (Fsp3) is 0. The van der Waals surface area contributed by atoms with E-state index in [1.165, 1.54) is 0 Å². The van der Waals surface area contributed by atoms with Crippen LogP contribution >= 0.6 is 0 Å². The molecule has 0 aliphatic carbocycles. The molecule has 0 saturated heterocycles. The van der Waals surface area contributed by atoms with Crippen molar-refractivity contribution >= 4 is 66.2 Å². The van der Waals surface area contributed by atoms with Gasteiger partial charge in [0.15, 0.2) is 0 Å². The Morgan fingerprint density at radius 2 is 1.00 bits per heavy atom. The van der Waals surface area contributed by atoms with E-state index in [4.69, 9.17) is 0 Å². The summed E-state index contributed by atoms with van der Waals surface area (Å²) in [6, 6.07) is 0. The topological polar surface area (TPSA) is 28.5 Å². The van der Waals surface area contributed by atoms with Gasteiger partial charge in [0.2, 0.25) is 0 Å². The molecule has 0 N–H and O–H groups in total. The Labute approximate surface area is 91.3 Å². The van der Waals surface area contributed by atoms with E-state index in [-0.39, 0.29) is 93.4 Å². The fourth-order valence-electron chi connectivity index (χ4n) is 0. The largest absolute Gasteiger partial charge is 4.00 e. The molecule has 4 heteroatoms. The van der Waals surface area contributed by atoms with Gasteiger partial charge in [-0.25, -0.2) is 0 Å². The maximum Gasteiger partial charge on any atom is 4.00 e. The summed E-state index contributed by atoms with van der Waals surface area (Å²) in [5.74, 6) is 0. The Balaban J connectivity index is 0. The van der Waals surface area contributed by atoms with Crippen molar-refractivity contribution in [3.05, 3.63) is 0 Å². The molecule has 0 atom stereocenters. The van der Waals surface area contributed by atoms with E-state index in [1.807, 2.05) is 0 Å². The Hall–Kier alpha value is 2.78. The van der Waals surface area contributed by atoms with Crippen molar-refractivity contribution in [2.24, 2.45) is 0 Å². The number of hydrogen-bond donors (Lipinski definition) is 0. The molecule has 0 radical (unpaired) electrons. The summed E-state index contributed by atoms with van der Waals surface area (Å²) in [4.78, 5) is 0. The zero-order valence-corrected chi connectivity index (χ0v) is 9.35. The molecule has 0 amide bonds. The molecule has 0 heterocycles. The van der Waals surface area contributed by atoms with Crippen molar-refractivity contribution in [1.29, 1.82) is 0 Å². The van der Waals surface area contributed by atoms with Gasteiger partial charge in [-0.05, 0) is 0 Å². The van der Waals surface area contributed by atoms with E-state index >= 15 is 0 Å². The molecule has 1 nitrogen and oxygen atoms in total. The molecule has 8 valence electrons. The summed E-state index contributed by atoms with van der Waals surface area (Å²) in [6.07, 6.45) is 0. The summed E-state index contributed by atoms with van der Waals surface area (Å²) < 4.78 is 0. The molecule has 0 fully saturated rings. The molecule has 0 aromatic rings. The molecule has 0 aliphatic heterocycles. The average molecular weight is 228 g/mol. The van der Waals surface area contributed by atoms with E-state index < -0.39 is 0 Å². The third-order valence-electron chi connectivity index (χ3n) is 0. The SMILES string of the molecule is [Al+3].[Ba+2].[O-2].[Ti+4]. The standard InChI is InChI=1S/Al.Ba.O.Ti/q+3;+2;-2;+4. The molecule has 0 spiro atoms. The van der Waals surface area contributed by atoms with E-state index in [0.717, 1.165) is 0 Å². The summed E-state index contributed by atoms with van der Waals surface area (Å²) >= 11 is 0. The Morgan fingerprint density at radius 3 is 1.00 bits per heavy atom. The summed E-state index contributed by atoms with van der Waals surface area (Å²) in [5.41, 5.74) is 0. The summed E-state index contributed by atoms with van der Waals surface area (Å²) in [7, 11) is 0. The molecule has 4 heavy (non-hydrogen) atoms. The van der Waals surface area contributed by atoms with E-state index in [2.05, 4.69) is 0 Å². The van der Waals surface area contributed by atoms with Crippen LogP contribution in [-0.4, -0.2) is 66.2 Å². The monoisotopic (exact) mass is 229 g/mol. The number of hydrogen-bond acceptors (Lipinski definition) is 0. The Bertz CT molecular complexity index is 8.00. The first-order valence-corrected chi connectivity index (χ1v) is 0. The van der Waals surface area contributed by atoms with Gasteiger partial charge in [-0.2, -0.15) is 0 Å². The predicted molar refractivity (Wildman–Crippen MR) is 12.2 cm³/mol. The van der Waals surface area contributed by atoms with E-state index in [1.54, 1.807) is 0 Å². The van der Waals surface area contributed by atoms with Crippen molar-refractivity contribution in [2.75, 3.05) is 0 Å². The molecule has 0 unspecified atom stereocenters. The van der Waals surface area contributed by atoms with Crippen molar-refractivity contribution in [3.8, 4) is 0 Å². The van der Waals surface area contributed by atoms with Gasteiger partial charge in [-0.1, -0.05) is 0 Å². The van der Waals surface area contributed by atoms with Gasteiger partial charge in [-0.3, -0.25) is 0 Å². The zero-order chi connectivity index (χ0) is 0. The quantitative estimate of drug-likeness (QED) is 0.482. The third kappa shape index (κ3) is 8.84. The summed E-state index contributed by atoms with van der Waals surface area (Å²) in [6.45, 7) is 0. The van der Waals surface area contributed by atoms with Crippen LogP contribution in [0.2, 0.25) is 0 Å². The van der Waals surface area contributed by atoms with Crippen LogP contribution in [0.5, 0.6) is 0 Å². The van der Waals surface area contributed by atoms with Gasteiger partial charge in [0.25, 0.3) is 0 Å². The van der Waals surface area contributed by atoms with Crippen molar-refractivity contribution in [3.63, 3.8) is 0 Å². The second-order valence-corrected chi connectivity index (χ2v) is 0. The van der Waals surface area contributed by atoms with Crippen LogP contribution in [0.1, 0.15) is 0 Å². The fourth-order valence-corrected chi connectivity index (χ4v) is 0. The van der Waals surface area contributed by atoms with Crippen LogP contribution in [0.3, 0.4) is 0 Å². The first kappa shape index (κ1) is 29.3. The minimum absolute atomic E-state index is 0. The van der Waals surface area contributed by atoms with Crippen LogP contribution in [0.25, 0.3) is 0 Å². The zero-order valence-electron chi connectivity index (χ0n) is 2.19. The van der Waals surface area contributed by atoms with Gasteiger partial charge >= 0.3 is 88.0 Å². The molecular formula is AlBaOTi+7. The Kier molecular flexibility index (Phi) is 125. The third-order valence-corrected chi connectivity index (χ3v) is 0. The smallest absolute Gasteiger partial charge is 2.00 e. The average Bonchev–Trinajstić information content (AvgIpc) is 0. The molecular weight excluding hydrogens is 228 g/mol. The van der Waals surface area contributed by atoms with Crippen LogP contribution in [-0.2, 0) is 27.2 Å².